The van der Waals surface area contributed by atoms with Crippen LogP contribution in [0, 0.1) is 11.8 Å². The van der Waals surface area contributed by atoms with Crippen LogP contribution in [0.4, 0.5) is 5.69 Å². The highest BCUT2D eigenvalue weighted by Gasteiger charge is 2.28. The molecule has 0 spiro atoms. The molecule has 3 atom stereocenters. The van der Waals surface area contributed by atoms with Crippen LogP contribution in [0.1, 0.15) is 27.2 Å². The summed E-state index contributed by atoms with van der Waals surface area (Å²) in [5.41, 5.74) is 0.842. The molecule has 0 radical (unpaired) electrons. The third-order valence-corrected chi connectivity index (χ3v) is 4.41. The first-order valence-corrected chi connectivity index (χ1v) is 8.05. The Morgan fingerprint density at radius 2 is 2.00 bits per heavy atom. The van der Waals surface area contributed by atoms with E-state index in [0.29, 0.717) is 11.8 Å². The minimum absolute atomic E-state index is 0.0735. The number of piperidine rings is 1. The predicted octanol–water partition coefficient (Wildman–Crippen LogP) is 3.75. The highest BCUT2D eigenvalue weighted by Crippen LogP contribution is 2.23. The van der Waals surface area contributed by atoms with Crippen molar-refractivity contribution < 1.29 is 4.79 Å². The van der Waals surface area contributed by atoms with Gasteiger partial charge in [-0.2, -0.15) is 0 Å². The maximum absolute atomic E-state index is 12.4. The van der Waals surface area contributed by atoms with Crippen molar-refractivity contribution in [2.75, 3.05) is 18.4 Å². The van der Waals surface area contributed by atoms with Crippen molar-refractivity contribution in [1.82, 2.24) is 4.90 Å². The standard InChI is InChI=1S/C16H23BrN2O/c1-11-7-12(2)10-19(9-11)13(3)16(20)18-15-6-4-5-14(17)8-15/h4-6,8,11-13H,7,9-10H2,1-3H3,(H,18,20)/t11-,12-,13-/m0/s1. The maximum Gasteiger partial charge on any atom is 0.241 e. The van der Waals surface area contributed by atoms with Crippen molar-refractivity contribution in [3.05, 3.63) is 28.7 Å². The van der Waals surface area contributed by atoms with Crippen LogP contribution in [-0.2, 0) is 4.79 Å². The molecule has 1 heterocycles. The minimum atomic E-state index is -0.0841. The van der Waals surface area contributed by atoms with Gasteiger partial charge in [0.2, 0.25) is 5.91 Å². The fraction of sp³-hybridized carbons (Fsp3) is 0.562. The summed E-state index contributed by atoms with van der Waals surface area (Å²) in [4.78, 5) is 14.7. The molecule has 1 aliphatic heterocycles. The number of hydrogen-bond donors (Lipinski definition) is 1. The highest BCUT2D eigenvalue weighted by atomic mass is 79.9. The zero-order valence-corrected chi connectivity index (χ0v) is 14.0. The number of carbonyl (C=O) groups excluding carboxylic acids is 1. The molecule has 1 N–H and O–H groups in total. The molecule has 1 fully saturated rings. The van der Waals surface area contributed by atoms with Crippen LogP contribution in [0.3, 0.4) is 0 Å². The monoisotopic (exact) mass is 338 g/mol. The molecule has 1 saturated heterocycles. The van der Waals surface area contributed by atoms with E-state index in [1.54, 1.807) is 0 Å². The van der Waals surface area contributed by atoms with Gasteiger partial charge in [0.25, 0.3) is 0 Å². The van der Waals surface area contributed by atoms with Gasteiger partial charge in [0.1, 0.15) is 0 Å². The van der Waals surface area contributed by atoms with E-state index in [0.717, 1.165) is 23.2 Å². The molecule has 3 nitrogen and oxygen atoms in total. The predicted molar refractivity (Wildman–Crippen MR) is 86.8 cm³/mol. The Morgan fingerprint density at radius 1 is 1.35 bits per heavy atom. The van der Waals surface area contributed by atoms with E-state index >= 15 is 0 Å². The molecule has 4 heteroatoms. The topological polar surface area (TPSA) is 32.3 Å². The van der Waals surface area contributed by atoms with Gasteiger partial charge in [-0.15, -0.1) is 0 Å². The number of hydrogen-bond acceptors (Lipinski definition) is 2. The van der Waals surface area contributed by atoms with Crippen LogP contribution < -0.4 is 5.32 Å². The van der Waals surface area contributed by atoms with E-state index in [-0.39, 0.29) is 11.9 Å². The molecule has 0 bridgehead atoms. The van der Waals surface area contributed by atoms with Gasteiger partial charge in [-0.3, -0.25) is 9.69 Å². The van der Waals surface area contributed by atoms with E-state index in [9.17, 15) is 4.79 Å². The molecule has 1 aliphatic rings. The van der Waals surface area contributed by atoms with E-state index in [4.69, 9.17) is 0 Å². The lowest BCUT2D eigenvalue weighted by molar-refractivity contribution is -0.121. The van der Waals surface area contributed by atoms with Crippen LogP contribution in [0.25, 0.3) is 0 Å². The Kier molecular flexibility index (Phi) is 5.22. The zero-order valence-electron chi connectivity index (χ0n) is 12.4. The number of benzene rings is 1. The van der Waals surface area contributed by atoms with Crippen LogP contribution >= 0.6 is 15.9 Å². The number of halogens is 1. The average Bonchev–Trinajstić information content (AvgIpc) is 2.36. The molecule has 0 aliphatic carbocycles. The van der Waals surface area contributed by atoms with Gasteiger partial charge in [-0.25, -0.2) is 0 Å². The van der Waals surface area contributed by atoms with E-state index in [2.05, 4.69) is 40.0 Å². The Labute approximate surface area is 129 Å². The zero-order chi connectivity index (χ0) is 14.7. The molecular weight excluding hydrogens is 316 g/mol. The number of rotatable bonds is 3. The van der Waals surface area contributed by atoms with Crippen molar-refractivity contribution in [3.8, 4) is 0 Å². The SMILES string of the molecule is C[C@H]1C[C@H](C)CN([C@@H](C)C(=O)Nc2cccc(Br)c2)C1. The first kappa shape index (κ1) is 15.5. The second-order valence-corrected chi connectivity index (χ2v) is 6.99. The average molecular weight is 339 g/mol. The molecule has 1 amide bonds. The van der Waals surface area contributed by atoms with Gasteiger partial charge in [0, 0.05) is 23.2 Å². The summed E-state index contributed by atoms with van der Waals surface area (Å²) in [6.07, 6.45) is 1.26. The smallest absolute Gasteiger partial charge is 0.241 e. The second kappa shape index (κ2) is 6.72. The van der Waals surface area contributed by atoms with Crippen LogP contribution in [0.2, 0.25) is 0 Å². The van der Waals surface area contributed by atoms with Gasteiger partial charge in [0.15, 0.2) is 0 Å². The summed E-state index contributed by atoms with van der Waals surface area (Å²) < 4.78 is 0.975. The Morgan fingerprint density at radius 3 is 2.60 bits per heavy atom. The highest BCUT2D eigenvalue weighted by molar-refractivity contribution is 9.10. The summed E-state index contributed by atoms with van der Waals surface area (Å²) in [6.45, 7) is 8.55. The maximum atomic E-state index is 12.4. The molecule has 20 heavy (non-hydrogen) atoms. The summed E-state index contributed by atoms with van der Waals surface area (Å²) in [5.74, 6) is 1.41. The molecule has 1 aromatic rings. The fourth-order valence-corrected chi connectivity index (χ4v) is 3.41. The Bertz CT molecular complexity index is 467. The lowest BCUT2D eigenvalue weighted by atomic mass is 9.91. The summed E-state index contributed by atoms with van der Waals surface area (Å²) in [6, 6.07) is 7.63. The van der Waals surface area contributed by atoms with Gasteiger partial charge in [-0.1, -0.05) is 35.8 Å². The summed E-state index contributed by atoms with van der Waals surface area (Å²) >= 11 is 3.42. The van der Waals surface area contributed by atoms with Crippen molar-refractivity contribution in [3.63, 3.8) is 0 Å². The number of anilines is 1. The molecule has 110 valence electrons. The lowest BCUT2D eigenvalue weighted by Gasteiger charge is -2.38. The number of likely N-dealkylation sites (tertiary alicyclic amines) is 1. The molecular formula is C16H23BrN2O. The minimum Gasteiger partial charge on any atom is -0.325 e. The molecule has 1 aromatic carbocycles. The van der Waals surface area contributed by atoms with Crippen LogP contribution in [0.15, 0.2) is 28.7 Å². The lowest BCUT2D eigenvalue weighted by Crippen LogP contribution is -2.48. The normalized spacial score (nSPS) is 25.2. The van der Waals surface area contributed by atoms with Gasteiger partial charge >= 0.3 is 0 Å². The van der Waals surface area contributed by atoms with E-state index in [1.165, 1.54) is 6.42 Å². The van der Waals surface area contributed by atoms with Crippen molar-refractivity contribution in [1.29, 1.82) is 0 Å². The largest absolute Gasteiger partial charge is 0.325 e. The third-order valence-electron chi connectivity index (χ3n) is 3.92. The van der Waals surface area contributed by atoms with Gasteiger partial charge in [-0.05, 0) is 43.4 Å². The Balaban J connectivity index is 1.98. The van der Waals surface area contributed by atoms with Gasteiger partial charge < -0.3 is 5.32 Å². The van der Waals surface area contributed by atoms with Gasteiger partial charge in [0.05, 0.1) is 6.04 Å². The Hall–Kier alpha value is -0.870. The van der Waals surface area contributed by atoms with E-state index in [1.807, 2.05) is 31.2 Å². The third kappa shape index (κ3) is 4.06. The molecule has 0 saturated carbocycles. The fourth-order valence-electron chi connectivity index (χ4n) is 3.01. The molecule has 0 unspecified atom stereocenters. The van der Waals surface area contributed by atoms with Crippen LogP contribution in [-0.4, -0.2) is 29.9 Å². The summed E-state index contributed by atoms with van der Waals surface area (Å²) in [5, 5.41) is 3.00. The second-order valence-electron chi connectivity index (χ2n) is 6.08. The van der Waals surface area contributed by atoms with Crippen LogP contribution in [0.5, 0.6) is 0 Å². The first-order valence-electron chi connectivity index (χ1n) is 7.26. The quantitative estimate of drug-likeness (QED) is 0.910. The summed E-state index contributed by atoms with van der Waals surface area (Å²) in [7, 11) is 0. The molecule has 2 rings (SSSR count). The van der Waals surface area contributed by atoms with E-state index < -0.39 is 0 Å². The number of nitrogens with zero attached hydrogens (tertiary/aromatic N) is 1. The van der Waals surface area contributed by atoms with Crippen molar-refractivity contribution >= 4 is 27.5 Å². The number of nitrogens with one attached hydrogen (secondary N) is 1. The number of amides is 1. The number of carbonyl (C=O) groups is 1. The van der Waals surface area contributed by atoms with Crippen molar-refractivity contribution in [2.45, 2.75) is 33.2 Å². The molecule has 0 aromatic heterocycles. The van der Waals surface area contributed by atoms with Crippen molar-refractivity contribution in [2.24, 2.45) is 11.8 Å². The first-order chi connectivity index (χ1) is 9.45.